The van der Waals surface area contributed by atoms with E-state index in [0.29, 0.717) is 11.7 Å². The maximum Gasteiger partial charge on any atom is 0.238 e. The van der Waals surface area contributed by atoms with Gasteiger partial charge < -0.3 is 15.5 Å². The van der Waals surface area contributed by atoms with Crippen LogP contribution in [-0.2, 0) is 10.0 Å². The fourth-order valence-electron chi connectivity index (χ4n) is 3.05. The number of sulfonamides is 1. The number of hydrogen-bond donors (Lipinski definition) is 3. The Morgan fingerprint density at radius 3 is 2.58 bits per heavy atom. The van der Waals surface area contributed by atoms with Gasteiger partial charge in [0, 0.05) is 25.3 Å². The van der Waals surface area contributed by atoms with E-state index in [1.165, 1.54) is 31.3 Å². The fraction of sp³-hybridized carbons (Fsp3) is 0.412. The van der Waals surface area contributed by atoms with Gasteiger partial charge in [0.1, 0.15) is 18.0 Å². The molecule has 0 bridgehead atoms. The van der Waals surface area contributed by atoms with Gasteiger partial charge in [-0.05, 0) is 56.1 Å². The van der Waals surface area contributed by atoms with E-state index in [9.17, 15) is 8.42 Å². The lowest BCUT2D eigenvalue weighted by Gasteiger charge is -2.28. The summed E-state index contributed by atoms with van der Waals surface area (Å²) in [6.45, 7) is 3.11. The van der Waals surface area contributed by atoms with Gasteiger partial charge in [-0.25, -0.2) is 23.5 Å². The number of primary sulfonamides is 1. The Bertz CT molecular complexity index is 835. The summed E-state index contributed by atoms with van der Waals surface area (Å²) in [5, 5.41) is 11.6. The zero-order valence-corrected chi connectivity index (χ0v) is 15.5. The lowest BCUT2D eigenvalue weighted by Crippen LogP contribution is -2.34. The quantitative estimate of drug-likeness (QED) is 0.696. The molecular weight excluding hydrogens is 352 g/mol. The number of aromatic nitrogens is 2. The molecule has 0 aliphatic carbocycles. The number of benzene rings is 1. The first-order valence-electron chi connectivity index (χ1n) is 8.55. The van der Waals surface area contributed by atoms with Crippen LogP contribution in [-0.4, -0.2) is 45.1 Å². The zero-order chi connectivity index (χ0) is 18.6. The molecule has 1 aliphatic rings. The van der Waals surface area contributed by atoms with Crippen LogP contribution in [0.25, 0.3) is 0 Å². The van der Waals surface area contributed by atoms with Crippen molar-refractivity contribution in [2.75, 3.05) is 36.9 Å². The predicted octanol–water partition coefficient (Wildman–Crippen LogP) is 1.30. The molecule has 0 atom stereocenters. The molecule has 1 aromatic heterocycles. The second-order valence-electron chi connectivity index (χ2n) is 6.53. The highest BCUT2D eigenvalue weighted by Crippen LogP contribution is 2.21. The van der Waals surface area contributed by atoms with Gasteiger partial charge in [0.25, 0.3) is 0 Å². The third-order valence-corrected chi connectivity index (χ3v) is 5.42. The van der Waals surface area contributed by atoms with Crippen LogP contribution in [0.1, 0.15) is 12.8 Å². The number of nitrogens with one attached hydrogen (secondary N) is 2. The minimum Gasteiger partial charge on any atom is -0.359 e. The minimum absolute atomic E-state index is 0.0770. The highest BCUT2D eigenvalue weighted by Gasteiger charge is 2.16. The van der Waals surface area contributed by atoms with E-state index in [1.54, 1.807) is 12.1 Å². The molecule has 1 fully saturated rings. The van der Waals surface area contributed by atoms with Crippen LogP contribution in [0.15, 0.2) is 41.6 Å². The average molecular weight is 376 g/mol. The molecule has 0 saturated carbocycles. The SMILES string of the molecule is CN(CC1CCNCC1)c1cc(Nc2ccc(S(N)(=O)=O)cc2)ncn1. The molecule has 0 radical (unpaired) electrons. The van der Waals surface area contributed by atoms with E-state index in [4.69, 9.17) is 5.14 Å². The third kappa shape index (κ3) is 4.90. The molecule has 9 heteroatoms. The standard InChI is InChI=1S/C17H24N6O2S/c1-23(11-13-6-8-19-9-7-13)17-10-16(20-12-21-17)22-14-2-4-15(5-3-14)26(18,24)25/h2-5,10,12-13,19H,6-9,11H2,1H3,(H2,18,24,25)(H,20,21,22). The van der Waals surface area contributed by atoms with Crippen molar-refractivity contribution in [1.29, 1.82) is 0 Å². The van der Waals surface area contributed by atoms with Crippen LogP contribution in [0.2, 0.25) is 0 Å². The molecule has 2 heterocycles. The first kappa shape index (κ1) is 18.6. The van der Waals surface area contributed by atoms with Crippen LogP contribution < -0.4 is 20.7 Å². The monoisotopic (exact) mass is 376 g/mol. The van der Waals surface area contributed by atoms with E-state index >= 15 is 0 Å². The van der Waals surface area contributed by atoms with Gasteiger partial charge in [-0.1, -0.05) is 0 Å². The van der Waals surface area contributed by atoms with Gasteiger partial charge in [0.05, 0.1) is 4.90 Å². The normalized spacial score (nSPS) is 15.6. The first-order valence-corrected chi connectivity index (χ1v) is 10.1. The molecule has 8 nitrogen and oxygen atoms in total. The van der Waals surface area contributed by atoms with Crippen LogP contribution in [0.5, 0.6) is 0 Å². The molecule has 0 amide bonds. The molecule has 2 aromatic rings. The Morgan fingerprint density at radius 2 is 1.92 bits per heavy atom. The highest BCUT2D eigenvalue weighted by molar-refractivity contribution is 7.89. The van der Waals surface area contributed by atoms with E-state index in [-0.39, 0.29) is 4.90 Å². The van der Waals surface area contributed by atoms with Crippen molar-refractivity contribution >= 4 is 27.3 Å². The van der Waals surface area contributed by atoms with E-state index in [0.717, 1.165) is 31.1 Å². The van der Waals surface area contributed by atoms with E-state index in [1.807, 2.05) is 13.1 Å². The lowest BCUT2D eigenvalue weighted by atomic mass is 9.98. The summed E-state index contributed by atoms with van der Waals surface area (Å²) in [6, 6.07) is 8.11. The number of nitrogens with two attached hydrogens (primary N) is 1. The maximum absolute atomic E-state index is 11.3. The van der Waals surface area contributed by atoms with Gasteiger partial charge in [0.2, 0.25) is 10.0 Å². The van der Waals surface area contributed by atoms with Crippen molar-refractivity contribution in [2.24, 2.45) is 11.1 Å². The Hall–Kier alpha value is -2.23. The molecule has 1 aromatic carbocycles. The number of hydrogen-bond acceptors (Lipinski definition) is 7. The van der Waals surface area contributed by atoms with Gasteiger partial charge in [-0.2, -0.15) is 0 Å². The van der Waals surface area contributed by atoms with Crippen molar-refractivity contribution in [3.63, 3.8) is 0 Å². The summed E-state index contributed by atoms with van der Waals surface area (Å²) < 4.78 is 22.6. The Kier molecular flexibility index (Phi) is 5.70. The molecular formula is C17H24N6O2S. The zero-order valence-electron chi connectivity index (χ0n) is 14.7. The summed E-state index contributed by atoms with van der Waals surface area (Å²) in [5.41, 5.74) is 0.725. The summed E-state index contributed by atoms with van der Waals surface area (Å²) in [7, 11) is -1.65. The Morgan fingerprint density at radius 1 is 1.23 bits per heavy atom. The molecule has 1 saturated heterocycles. The Balaban J connectivity index is 1.66. The summed E-state index contributed by atoms with van der Waals surface area (Å²) >= 11 is 0. The van der Waals surface area contributed by atoms with Crippen molar-refractivity contribution in [3.8, 4) is 0 Å². The highest BCUT2D eigenvalue weighted by atomic mass is 32.2. The second kappa shape index (κ2) is 7.98. The number of anilines is 3. The number of rotatable bonds is 6. The summed E-state index contributed by atoms with van der Waals surface area (Å²) in [4.78, 5) is 10.8. The van der Waals surface area contributed by atoms with Gasteiger partial charge in [-0.3, -0.25) is 0 Å². The van der Waals surface area contributed by atoms with E-state index in [2.05, 4.69) is 25.5 Å². The second-order valence-corrected chi connectivity index (χ2v) is 8.09. The van der Waals surface area contributed by atoms with Crippen LogP contribution in [0, 0.1) is 5.92 Å². The molecule has 140 valence electrons. The number of piperidine rings is 1. The molecule has 26 heavy (non-hydrogen) atoms. The van der Waals surface area contributed by atoms with Crippen molar-refractivity contribution in [2.45, 2.75) is 17.7 Å². The lowest BCUT2D eigenvalue weighted by molar-refractivity contribution is 0.377. The average Bonchev–Trinajstić information content (AvgIpc) is 2.62. The van der Waals surface area contributed by atoms with Crippen LogP contribution >= 0.6 is 0 Å². The summed E-state index contributed by atoms with van der Waals surface area (Å²) in [6.07, 6.45) is 3.88. The molecule has 0 spiro atoms. The van der Waals surface area contributed by atoms with Crippen molar-refractivity contribution < 1.29 is 8.42 Å². The Labute approximate surface area is 153 Å². The smallest absolute Gasteiger partial charge is 0.238 e. The maximum atomic E-state index is 11.3. The summed E-state index contributed by atoms with van der Waals surface area (Å²) in [5.74, 6) is 2.16. The topological polar surface area (TPSA) is 113 Å². The molecule has 1 aliphatic heterocycles. The molecule has 3 rings (SSSR count). The van der Waals surface area contributed by atoms with Crippen molar-refractivity contribution in [3.05, 3.63) is 36.7 Å². The van der Waals surface area contributed by atoms with Crippen molar-refractivity contribution in [1.82, 2.24) is 15.3 Å². The third-order valence-electron chi connectivity index (χ3n) is 4.49. The van der Waals surface area contributed by atoms with E-state index < -0.39 is 10.0 Å². The first-order chi connectivity index (χ1) is 12.4. The van der Waals surface area contributed by atoms with Crippen LogP contribution in [0.4, 0.5) is 17.3 Å². The molecule has 4 N–H and O–H groups in total. The van der Waals surface area contributed by atoms with Gasteiger partial charge in [0.15, 0.2) is 0 Å². The largest absolute Gasteiger partial charge is 0.359 e. The predicted molar refractivity (Wildman–Crippen MR) is 102 cm³/mol. The fourth-order valence-corrected chi connectivity index (χ4v) is 3.56. The minimum atomic E-state index is -3.69. The van der Waals surface area contributed by atoms with Gasteiger partial charge >= 0.3 is 0 Å². The molecule has 0 unspecified atom stereocenters. The van der Waals surface area contributed by atoms with Gasteiger partial charge in [-0.15, -0.1) is 0 Å². The number of nitrogens with zero attached hydrogens (tertiary/aromatic N) is 3. The van der Waals surface area contributed by atoms with Crippen LogP contribution in [0.3, 0.4) is 0 Å².